The molecular formula is C29H24O17. The molecule has 46 heavy (non-hydrogen) atoms. The molecule has 0 saturated carbocycles. The number of fused-ring (bicyclic) bond motifs is 1. The van der Waals surface area contributed by atoms with Crippen molar-refractivity contribution in [2.45, 2.75) is 37.6 Å². The van der Waals surface area contributed by atoms with Crippen molar-refractivity contribution in [3.05, 3.63) is 64.0 Å². The molecule has 1 fully saturated rings. The summed E-state index contributed by atoms with van der Waals surface area (Å²) in [4.78, 5) is 39.4. The minimum atomic E-state index is -1.97. The van der Waals surface area contributed by atoms with Crippen LogP contribution in [0.5, 0.6) is 51.7 Å². The van der Waals surface area contributed by atoms with Crippen LogP contribution in [0.4, 0.5) is 0 Å². The fourth-order valence-electron chi connectivity index (χ4n) is 4.58. The van der Waals surface area contributed by atoms with Crippen molar-refractivity contribution >= 4 is 22.9 Å². The molecule has 0 unspecified atom stereocenters. The highest BCUT2D eigenvalue weighted by Crippen LogP contribution is 2.38. The molecule has 0 amide bonds. The van der Waals surface area contributed by atoms with E-state index >= 15 is 0 Å². The van der Waals surface area contributed by atoms with E-state index in [0.29, 0.717) is 0 Å². The summed E-state index contributed by atoms with van der Waals surface area (Å²) in [5, 5.41) is 89.1. The summed E-state index contributed by atoms with van der Waals surface area (Å²) in [5.74, 6) is -9.92. The van der Waals surface area contributed by atoms with Crippen LogP contribution in [0.3, 0.4) is 0 Å². The number of esters is 2. The van der Waals surface area contributed by atoms with Gasteiger partial charge in [-0.2, -0.15) is 0 Å². The van der Waals surface area contributed by atoms with Gasteiger partial charge >= 0.3 is 11.9 Å². The minimum absolute atomic E-state index is 0.231. The Hall–Kier alpha value is -6.07. The molecule has 4 aromatic rings. The van der Waals surface area contributed by atoms with Crippen LogP contribution < -0.4 is 10.2 Å². The molecule has 5 atom stereocenters. The molecule has 1 aromatic heterocycles. The number of phenolic OH excluding ortho intramolecular Hbond substituents is 8. The standard InChI is InChI=1S/C29H24O17/c1-9-21(36)25(45-27(40)10-2-14(32)22(37)15(33)3-10)26(46-28(41)11-4-16(34)23(38)17(35)5-11)29(43-9)44-19-8-42-18-7-12(30)6-13(31)20(18)24(19)39/h2-9,21,25-26,29-38H,1H3/t9-,21-,25+,26+,29-/m0/s1. The maximum Gasteiger partial charge on any atom is 0.339 e. The number of carbonyl (C=O) groups is 2. The number of ether oxygens (including phenoxy) is 4. The Morgan fingerprint density at radius 2 is 1.22 bits per heavy atom. The summed E-state index contributed by atoms with van der Waals surface area (Å²) in [5.41, 5.74) is -2.29. The average Bonchev–Trinajstić information content (AvgIpc) is 2.99. The Labute approximate surface area is 255 Å². The molecule has 0 bridgehead atoms. The van der Waals surface area contributed by atoms with Gasteiger partial charge in [-0.15, -0.1) is 0 Å². The maximum absolute atomic E-state index is 13.2. The van der Waals surface area contributed by atoms with Crippen molar-refractivity contribution in [3.8, 4) is 51.7 Å². The Morgan fingerprint density at radius 3 is 1.74 bits per heavy atom. The first-order chi connectivity index (χ1) is 21.7. The highest BCUT2D eigenvalue weighted by atomic mass is 16.7. The van der Waals surface area contributed by atoms with Crippen molar-refractivity contribution in [1.82, 2.24) is 0 Å². The topological polar surface area (TPSA) is 283 Å². The maximum atomic E-state index is 13.2. The zero-order valence-electron chi connectivity index (χ0n) is 23.2. The van der Waals surface area contributed by atoms with Crippen molar-refractivity contribution in [2.75, 3.05) is 0 Å². The van der Waals surface area contributed by atoms with Crippen LogP contribution in [-0.4, -0.2) is 88.6 Å². The first kappa shape index (κ1) is 31.4. The van der Waals surface area contributed by atoms with E-state index in [4.69, 9.17) is 23.4 Å². The lowest BCUT2D eigenvalue weighted by molar-refractivity contribution is -0.267. The highest BCUT2D eigenvalue weighted by molar-refractivity contribution is 5.92. The van der Waals surface area contributed by atoms with Crippen molar-refractivity contribution < 1.29 is 78.9 Å². The summed E-state index contributed by atoms with van der Waals surface area (Å²) >= 11 is 0. The SMILES string of the molecule is C[C@@H]1O[C@@H](Oc2coc3cc(O)cc(O)c3c2=O)[C@H](OC(=O)c2cc(O)c(O)c(O)c2)[C@H](OC(=O)c2cc(O)c(O)c(O)c2)[C@H]1O. The van der Waals surface area contributed by atoms with Crippen LogP contribution in [0.25, 0.3) is 11.0 Å². The van der Waals surface area contributed by atoms with E-state index in [1.807, 2.05) is 0 Å². The molecule has 1 saturated heterocycles. The molecule has 5 rings (SSSR count). The lowest BCUT2D eigenvalue weighted by Crippen LogP contribution is -2.61. The fraction of sp³-hybridized carbons (Fsp3) is 0.207. The number of phenols is 8. The van der Waals surface area contributed by atoms with E-state index in [2.05, 4.69) is 0 Å². The Bertz CT molecular complexity index is 1870. The van der Waals surface area contributed by atoms with Crippen LogP contribution in [0.15, 0.2) is 51.9 Å². The van der Waals surface area contributed by atoms with Gasteiger partial charge in [0.15, 0.2) is 40.6 Å². The smallest absolute Gasteiger partial charge is 0.339 e. The molecule has 0 aliphatic carbocycles. The third kappa shape index (κ3) is 5.74. The normalized spacial score (nSPS) is 21.0. The lowest BCUT2D eigenvalue weighted by Gasteiger charge is -2.42. The predicted molar refractivity (Wildman–Crippen MR) is 148 cm³/mol. The van der Waals surface area contributed by atoms with Gasteiger partial charge in [-0.25, -0.2) is 9.59 Å². The second-order valence-electron chi connectivity index (χ2n) is 10.1. The van der Waals surface area contributed by atoms with Gasteiger partial charge in [0.1, 0.15) is 34.8 Å². The van der Waals surface area contributed by atoms with Gasteiger partial charge < -0.3 is 69.3 Å². The van der Waals surface area contributed by atoms with Gasteiger partial charge in [0.05, 0.1) is 17.2 Å². The van der Waals surface area contributed by atoms with Crippen LogP contribution in [0.1, 0.15) is 27.6 Å². The predicted octanol–water partition coefficient (Wildman–Crippen LogP) is 1.37. The molecule has 1 aliphatic rings. The Kier molecular flexibility index (Phi) is 8.04. The zero-order valence-corrected chi connectivity index (χ0v) is 23.2. The van der Waals surface area contributed by atoms with E-state index in [1.54, 1.807) is 0 Å². The van der Waals surface area contributed by atoms with E-state index in [9.17, 15) is 60.3 Å². The van der Waals surface area contributed by atoms with Crippen LogP contribution >= 0.6 is 0 Å². The van der Waals surface area contributed by atoms with Crippen molar-refractivity contribution in [2.24, 2.45) is 0 Å². The molecule has 242 valence electrons. The number of hydrogen-bond donors (Lipinski definition) is 9. The van der Waals surface area contributed by atoms with Gasteiger partial charge in [0.2, 0.25) is 23.6 Å². The molecular weight excluding hydrogens is 620 g/mol. The first-order valence-electron chi connectivity index (χ1n) is 13.1. The molecule has 9 N–H and O–H groups in total. The number of aliphatic hydroxyl groups is 1. The second kappa shape index (κ2) is 11.8. The van der Waals surface area contributed by atoms with Crippen molar-refractivity contribution in [3.63, 3.8) is 0 Å². The van der Waals surface area contributed by atoms with E-state index in [-0.39, 0.29) is 5.58 Å². The van der Waals surface area contributed by atoms with E-state index < -0.39 is 116 Å². The second-order valence-corrected chi connectivity index (χ2v) is 10.1. The van der Waals surface area contributed by atoms with Gasteiger partial charge in [-0.05, 0) is 31.2 Å². The lowest BCUT2D eigenvalue weighted by atomic mass is 9.99. The molecule has 17 heteroatoms. The van der Waals surface area contributed by atoms with Crippen LogP contribution in [0, 0.1) is 0 Å². The van der Waals surface area contributed by atoms with Gasteiger partial charge in [0, 0.05) is 12.1 Å². The molecule has 0 radical (unpaired) electrons. The number of rotatable bonds is 6. The minimum Gasteiger partial charge on any atom is -0.508 e. The Morgan fingerprint density at radius 1 is 0.717 bits per heavy atom. The number of benzene rings is 3. The van der Waals surface area contributed by atoms with Crippen LogP contribution in [0.2, 0.25) is 0 Å². The molecule has 2 heterocycles. The van der Waals surface area contributed by atoms with Gasteiger partial charge in [-0.3, -0.25) is 4.79 Å². The third-order valence-electron chi connectivity index (χ3n) is 6.91. The number of carbonyl (C=O) groups excluding carboxylic acids is 2. The van der Waals surface area contributed by atoms with Crippen molar-refractivity contribution in [1.29, 1.82) is 0 Å². The molecule has 1 aliphatic heterocycles. The summed E-state index contributed by atoms with van der Waals surface area (Å²) in [6.45, 7) is 1.30. The molecule has 3 aromatic carbocycles. The fourth-order valence-corrected chi connectivity index (χ4v) is 4.58. The summed E-state index contributed by atoms with van der Waals surface area (Å²) in [7, 11) is 0. The quantitative estimate of drug-likeness (QED) is 0.106. The number of aromatic hydroxyl groups is 8. The summed E-state index contributed by atoms with van der Waals surface area (Å²) in [6, 6.07) is 4.80. The van der Waals surface area contributed by atoms with Gasteiger partial charge in [0.25, 0.3) is 0 Å². The van der Waals surface area contributed by atoms with Gasteiger partial charge in [-0.1, -0.05) is 0 Å². The van der Waals surface area contributed by atoms with E-state index in [0.717, 1.165) is 42.7 Å². The Balaban J connectivity index is 1.55. The largest absolute Gasteiger partial charge is 0.508 e. The average molecular weight is 644 g/mol. The molecule has 0 spiro atoms. The number of hydrogen-bond acceptors (Lipinski definition) is 17. The summed E-state index contributed by atoms with van der Waals surface area (Å²) < 4.78 is 27.4. The van der Waals surface area contributed by atoms with Crippen LogP contribution in [-0.2, 0) is 14.2 Å². The van der Waals surface area contributed by atoms with E-state index in [1.165, 1.54) is 6.92 Å². The monoisotopic (exact) mass is 644 g/mol. The molecule has 17 nitrogen and oxygen atoms in total. The first-order valence-corrected chi connectivity index (χ1v) is 13.1. The summed E-state index contributed by atoms with van der Waals surface area (Å²) in [6.07, 6.45) is -8.01. The highest BCUT2D eigenvalue weighted by Gasteiger charge is 2.50. The third-order valence-corrected chi connectivity index (χ3v) is 6.91. The number of aliphatic hydroxyl groups excluding tert-OH is 1. The zero-order chi connectivity index (χ0) is 33.6.